The van der Waals surface area contributed by atoms with Crippen molar-refractivity contribution in [2.75, 3.05) is 20.3 Å². The van der Waals surface area contributed by atoms with Crippen molar-refractivity contribution in [2.24, 2.45) is 5.92 Å². The van der Waals surface area contributed by atoms with Gasteiger partial charge in [0.05, 0.1) is 6.61 Å². The van der Waals surface area contributed by atoms with Crippen molar-refractivity contribution in [3.63, 3.8) is 0 Å². The number of methoxy groups -OCH3 is 1. The zero-order valence-electron chi connectivity index (χ0n) is 11.9. The maximum Gasteiger partial charge on any atom is 0.254 e. The van der Waals surface area contributed by atoms with E-state index in [-0.39, 0.29) is 23.4 Å². The number of rotatable bonds is 6. The van der Waals surface area contributed by atoms with Crippen molar-refractivity contribution in [1.29, 1.82) is 0 Å². The van der Waals surface area contributed by atoms with Gasteiger partial charge in [0.2, 0.25) is 0 Å². The number of hydrogen-bond acceptors (Lipinski definition) is 4. The summed E-state index contributed by atoms with van der Waals surface area (Å²) >= 11 is 0. The number of carbonyl (C=O) groups excluding carboxylic acids is 1. The highest BCUT2D eigenvalue weighted by atomic mass is 16.5. The van der Waals surface area contributed by atoms with Crippen LogP contribution in [0, 0.1) is 5.92 Å². The highest BCUT2D eigenvalue weighted by Gasteiger charge is 2.34. The smallest absolute Gasteiger partial charge is 0.254 e. The van der Waals surface area contributed by atoms with Gasteiger partial charge in [-0.2, -0.15) is 0 Å². The third-order valence-electron chi connectivity index (χ3n) is 3.82. The SMILES string of the molecule is COCCN(C(=O)c1ccc(O)c(O)c1)C(C)C1CC1. The third kappa shape index (κ3) is 3.22. The molecule has 0 bridgehead atoms. The van der Waals surface area contributed by atoms with E-state index in [2.05, 4.69) is 0 Å². The Bertz CT molecular complexity index is 485. The molecule has 0 aliphatic heterocycles. The normalized spacial score (nSPS) is 15.9. The Hall–Kier alpha value is -1.75. The number of carbonyl (C=O) groups is 1. The van der Waals surface area contributed by atoms with E-state index in [1.54, 1.807) is 12.0 Å². The van der Waals surface area contributed by atoms with Crippen molar-refractivity contribution in [2.45, 2.75) is 25.8 Å². The number of phenolic OH excluding ortho intramolecular Hbond substituents is 2. The van der Waals surface area contributed by atoms with Crippen molar-refractivity contribution in [1.82, 2.24) is 4.90 Å². The molecule has 1 aromatic carbocycles. The second kappa shape index (κ2) is 6.13. The predicted octanol–water partition coefficient (Wildman–Crippen LogP) is 1.98. The van der Waals surface area contributed by atoms with Gasteiger partial charge in [0.15, 0.2) is 11.5 Å². The first-order chi connectivity index (χ1) is 9.54. The van der Waals surface area contributed by atoms with Crippen LogP contribution in [-0.4, -0.2) is 47.3 Å². The second-order valence-electron chi connectivity index (χ2n) is 5.27. The molecule has 2 N–H and O–H groups in total. The van der Waals surface area contributed by atoms with Crippen LogP contribution in [0.2, 0.25) is 0 Å². The number of nitrogens with zero attached hydrogens (tertiary/aromatic N) is 1. The fourth-order valence-electron chi connectivity index (χ4n) is 2.34. The topological polar surface area (TPSA) is 70.0 Å². The molecule has 1 saturated carbocycles. The quantitative estimate of drug-likeness (QED) is 0.781. The van der Waals surface area contributed by atoms with E-state index >= 15 is 0 Å². The van der Waals surface area contributed by atoms with Crippen LogP contribution >= 0.6 is 0 Å². The van der Waals surface area contributed by atoms with Crippen LogP contribution in [0.5, 0.6) is 11.5 Å². The first-order valence-electron chi connectivity index (χ1n) is 6.86. The maximum absolute atomic E-state index is 12.6. The number of ether oxygens (including phenoxy) is 1. The third-order valence-corrected chi connectivity index (χ3v) is 3.82. The lowest BCUT2D eigenvalue weighted by Crippen LogP contribution is -2.42. The highest BCUT2D eigenvalue weighted by molar-refractivity contribution is 5.95. The van der Waals surface area contributed by atoms with E-state index < -0.39 is 0 Å². The Kier molecular flexibility index (Phi) is 4.49. The largest absolute Gasteiger partial charge is 0.504 e. The summed E-state index contributed by atoms with van der Waals surface area (Å²) < 4.78 is 5.07. The Labute approximate surface area is 118 Å². The fraction of sp³-hybridized carbons (Fsp3) is 0.533. The van der Waals surface area contributed by atoms with E-state index in [1.165, 1.54) is 18.2 Å². The number of benzene rings is 1. The van der Waals surface area contributed by atoms with Crippen LogP contribution in [0.25, 0.3) is 0 Å². The lowest BCUT2D eigenvalue weighted by Gasteiger charge is -2.29. The number of hydrogen-bond donors (Lipinski definition) is 2. The molecule has 1 unspecified atom stereocenters. The molecule has 1 aromatic rings. The van der Waals surface area contributed by atoms with Crippen molar-refractivity contribution in [3.05, 3.63) is 23.8 Å². The Balaban J connectivity index is 2.17. The van der Waals surface area contributed by atoms with Crippen LogP contribution in [0.15, 0.2) is 18.2 Å². The van der Waals surface area contributed by atoms with Gasteiger partial charge in [-0.1, -0.05) is 0 Å². The highest BCUT2D eigenvalue weighted by Crippen LogP contribution is 2.36. The van der Waals surface area contributed by atoms with E-state index in [0.29, 0.717) is 24.6 Å². The summed E-state index contributed by atoms with van der Waals surface area (Å²) in [7, 11) is 1.61. The minimum Gasteiger partial charge on any atom is -0.504 e. The molecule has 1 aliphatic carbocycles. The van der Waals surface area contributed by atoms with Crippen LogP contribution in [-0.2, 0) is 4.74 Å². The molecule has 20 heavy (non-hydrogen) atoms. The molecule has 1 aliphatic rings. The molecule has 0 heterocycles. The first kappa shape index (κ1) is 14.7. The van der Waals surface area contributed by atoms with Crippen LogP contribution in [0.4, 0.5) is 0 Å². The average molecular weight is 279 g/mol. The van der Waals surface area contributed by atoms with E-state index in [0.717, 1.165) is 12.8 Å². The molecule has 110 valence electrons. The standard InChI is InChI=1S/C15H21NO4/c1-10(11-3-4-11)16(7-8-20-2)15(19)12-5-6-13(17)14(18)9-12/h5-6,9-11,17-18H,3-4,7-8H2,1-2H3. The summed E-state index contributed by atoms with van der Waals surface area (Å²) in [5.74, 6) is -0.0832. The molecule has 1 amide bonds. The van der Waals surface area contributed by atoms with Gasteiger partial charge in [0, 0.05) is 25.3 Å². The maximum atomic E-state index is 12.6. The Morgan fingerprint density at radius 3 is 2.65 bits per heavy atom. The van der Waals surface area contributed by atoms with Gasteiger partial charge < -0.3 is 19.8 Å². The second-order valence-corrected chi connectivity index (χ2v) is 5.27. The summed E-state index contributed by atoms with van der Waals surface area (Å²) in [6, 6.07) is 4.32. The van der Waals surface area contributed by atoms with E-state index in [1.807, 2.05) is 6.92 Å². The lowest BCUT2D eigenvalue weighted by molar-refractivity contribution is 0.0594. The van der Waals surface area contributed by atoms with Gasteiger partial charge in [-0.05, 0) is 43.9 Å². The summed E-state index contributed by atoms with van der Waals surface area (Å²) in [5.41, 5.74) is 0.379. The van der Waals surface area contributed by atoms with Gasteiger partial charge >= 0.3 is 0 Å². The molecule has 0 aromatic heterocycles. The van der Waals surface area contributed by atoms with Gasteiger partial charge in [-0.15, -0.1) is 0 Å². The molecule has 1 atom stereocenters. The van der Waals surface area contributed by atoms with E-state index in [9.17, 15) is 15.0 Å². The van der Waals surface area contributed by atoms with Crippen molar-refractivity contribution >= 4 is 5.91 Å². The molecule has 0 spiro atoms. The predicted molar refractivity (Wildman–Crippen MR) is 74.9 cm³/mol. The van der Waals surface area contributed by atoms with Crippen LogP contribution in [0.1, 0.15) is 30.1 Å². The van der Waals surface area contributed by atoms with Crippen molar-refractivity contribution in [3.8, 4) is 11.5 Å². The minimum absolute atomic E-state index is 0.142. The lowest BCUT2D eigenvalue weighted by atomic mass is 10.1. The fourth-order valence-corrected chi connectivity index (χ4v) is 2.34. The zero-order chi connectivity index (χ0) is 14.7. The first-order valence-corrected chi connectivity index (χ1v) is 6.86. The van der Waals surface area contributed by atoms with Crippen LogP contribution in [0.3, 0.4) is 0 Å². The van der Waals surface area contributed by atoms with Crippen LogP contribution < -0.4 is 0 Å². The van der Waals surface area contributed by atoms with Gasteiger partial charge in [-0.3, -0.25) is 4.79 Å². The monoisotopic (exact) mass is 279 g/mol. The summed E-state index contributed by atoms with van der Waals surface area (Å²) in [4.78, 5) is 14.4. The summed E-state index contributed by atoms with van der Waals surface area (Å²) in [5, 5.41) is 18.8. The molecular formula is C15H21NO4. The molecule has 5 heteroatoms. The summed E-state index contributed by atoms with van der Waals surface area (Å²) in [6.45, 7) is 3.05. The van der Waals surface area contributed by atoms with Gasteiger partial charge in [0.25, 0.3) is 5.91 Å². The number of phenols is 2. The molecule has 5 nitrogen and oxygen atoms in total. The molecule has 0 saturated heterocycles. The number of amides is 1. The zero-order valence-corrected chi connectivity index (χ0v) is 11.9. The number of aromatic hydroxyl groups is 2. The Morgan fingerprint density at radius 1 is 1.40 bits per heavy atom. The molecular weight excluding hydrogens is 258 g/mol. The van der Waals surface area contributed by atoms with Gasteiger partial charge in [0.1, 0.15) is 0 Å². The molecule has 1 fully saturated rings. The van der Waals surface area contributed by atoms with Gasteiger partial charge in [-0.25, -0.2) is 0 Å². The van der Waals surface area contributed by atoms with E-state index in [4.69, 9.17) is 4.74 Å². The molecule has 2 rings (SSSR count). The van der Waals surface area contributed by atoms with Crippen molar-refractivity contribution < 1.29 is 19.7 Å². The average Bonchev–Trinajstić information content (AvgIpc) is 3.26. The Morgan fingerprint density at radius 2 is 2.10 bits per heavy atom. The minimum atomic E-state index is -0.276. The molecule has 0 radical (unpaired) electrons. The summed E-state index contributed by atoms with van der Waals surface area (Å²) in [6.07, 6.45) is 2.30.